The molecule has 0 saturated heterocycles. The number of rotatable bonds is 5. The summed E-state index contributed by atoms with van der Waals surface area (Å²) >= 11 is 0. The molecule has 0 unspecified atom stereocenters. The molecule has 5 heteroatoms. The third kappa shape index (κ3) is 4.04. The summed E-state index contributed by atoms with van der Waals surface area (Å²) in [6.07, 6.45) is 1.99. The van der Waals surface area contributed by atoms with E-state index in [1.54, 1.807) is 7.11 Å². The maximum Gasteiger partial charge on any atom is 0.119 e. The molecule has 0 saturated carbocycles. The van der Waals surface area contributed by atoms with Gasteiger partial charge in [-0.2, -0.15) is 0 Å². The van der Waals surface area contributed by atoms with Gasteiger partial charge >= 0.3 is 0 Å². The molecule has 0 aliphatic heterocycles. The summed E-state index contributed by atoms with van der Waals surface area (Å²) in [5.41, 5.74) is 2.10. The number of nitrogens with zero attached hydrogens (tertiary/aromatic N) is 3. The van der Waals surface area contributed by atoms with Gasteiger partial charge in [-0.05, 0) is 45.4 Å². The Bertz CT molecular complexity index is 586. The number of ether oxygens (including phenoxy) is 1. The van der Waals surface area contributed by atoms with Gasteiger partial charge < -0.3 is 10.1 Å². The predicted molar refractivity (Wildman–Crippen MR) is 83.3 cm³/mol. The Hall–Kier alpha value is -1.88. The quantitative estimate of drug-likeness (QED) is 0.919. The first kappa shape index (κ1) is 15.5. The molecular weight excluding hydrogens is 264 g/mol. The van der Waals surface area contributed by atoms with Crippen LogP contribution in [0.1, 0.15) is 45.0 Å². The molecular formula is C16H24N4O. The summed E-state index contributed by atoms with van der Waals surface area (Å²) in [5.74, 6) is 0.875. The van der Waals surface area contributed by atoms with Gasteiger partial charge in [-0.1, -0.05) is 17.3 Å². The van der Waals surface area contributed by atoms with E-state index < -0.39 is 0 Å². The normalized spacial score (nSPS) is 13.2. The monoisotopic (exact) mass is 288 g/mol. The van der Waals surface area contributed by atoms with Crippen LogP contribution in [0.3, 0.4) is 0 Å². The van der Waals surface area contributed by atoms with E-state index >= 15 is 0 Å². The maximum absolute atomic E-state index is 5.26. The number of nitrogens with one attached hydrogen (secondary N) is 1. The van der Waals surface area contributed by atoms with Crippen molar-refractivity contribution in [2.75, 3.05) is 7.11 Å². The first-order valence-corrected chi connectivity index (χ1v) is 7.19. The summed E-state index contributed by atoms with van der Waals surface area (Å²) in [5, 5.41) is 11.8. The van der Waals surface area contributed by atoms with Crippen LogP contribution in [0.2, 0.25) is 0 Å². The molecule has 1 aromatic heterocycles. The summed E-state index contributed by atoms with van der Waals surface area (Å²) in [4.78, 5) is 0. The summed E-state index contributed by atoms with van der Waals surface area (Å²) in [6.45, 7) is 9.14. The van der Waals surface area contributed by atoms with Crippen molar-refractivity contribution in [3.8, 4) is 5.75 Å². The average molecular weight is 288 g/mol. The highest BCUT2D eigenvalue weighted by Gasteiger charge is 2.15. The van der Waals surface area contributed by atoms with Crippen LogP contribution in [-0.4, -0.2) is 22.1 Å². The van der Waals surface area contributed by atoms with Crippen molar-refractivity contribution in [2.45, 2.75) is 45.8 Å². The molecule has 0 amide bonds. The number of aromatic nitrogens is 3. The molecule has 1 aromatic carbocycles. The fourth-order valence-corrected chi connectivity index (χ4v) is 1.99. The van der Waals surface area contributed by atoms with Gasteiger partial charge in [0.15, 0.2) is 0 Å². The minimum absolute atomic E-state index is 0.0380. The van der Waals surface area contributed by atoms with Crippen molar-refractivity contribution in [3.63, 3.8) is 0 Å². The highest BCUT2D eigenvalue weighted by Crippen LogP contribution is 2.19. The van der Waals surface area contributed by atoms with Crippen molar-refractivity contribution >= 4 is 0 Å². The van der Waals surface area contributed by atoms with Crippen LogP contribution in [0.4, 0.5) is 0 Å². The Morgan fingerprint density at radius 1 is 1.33 bits per heavy atom. The Balaban J connectivity index is 1.97. The second-order valence-corrected chi connectivity index (χ2v) is 6.20. The van der Waals surface area contributed by atoms with Gasteiger partial charge in [-0.25, -0.2) is 4.68 Å². The van der Waals surface area contributed by atoms with E-state index in [9.17, 15) is 0 Å². The number of hydrogen-bond acceptors (Lipinski definition) is 4. The summed E-state index contributed by atoms with van der Waals surface area (Å²) < 4.78 is 7.14. The zero-order valence-corrected chi connectivity index (χ0v) is 13.4. The van der Waals surface area contributed by atoms with E-state index in [1.807, 2.05) is 29.1 Å². The summed E-state index contributed by atoms with van der Waals surface area (Å²) in [6, 6.07) is 8.31. The van der Waals surface area contributed by atoms with Crippen LogP contribution in [0, 0.1) is 0 Å². The minimum atomic E-state index is -0.0380. The first-order valence-electron chi connectivity index (χ1n) is 7.19. The lowest BCUT2D eigenvalue weighted by molar-refractivity contribution is 0.347. The Labute approximate surface area is 126 Å². The molecule has 114 valence electrons. The molecule has 0 aliphatic rings. The van der Waals surface area contributed by atoms with Crippen LogP contribution < -0.4 is 10.1 Å². The molecule has 0 aliphatic carbocycles. The topological polar surface area (TPSA) is 52.0 Å². The third-order valence-electron chi connectivity index (χ3n) is 3.41. The van der Waals surface area contributed by atoms with Crippen molar-refractivity contribution < 1.29 is 4.74 Å². The van der Waals surface area contributed by atoms with E-state index in [0.717, 1.165) is 11.4 Å². The number of methoxy groups -OCH3 is 1. The number of hydrogen-bond donors (Lipinski definition) is 1. The third-order valence-corrected chi connectivity index (χ3v) is 3.41. The zero-order chi connectivity index (χ0) is 15.5. The SMILES string of the molecule is COc1cccc([C@H](C)NCc2cn(C(C)(C)C)nn2)c1. The van der Waals surface area contributed by atoms with E-state index in [2.05, 4.69) is 49.4 Å². The van der Waals surface area contributed by atoms with Crippen molar-refractivity contribution in [3.05, 3.63) is 41.7 Å². The summed E-state index contributed by atoms with van der Waals surface area (Å²) in [7, 11) is 1.68. The predicted octanol–water partition coefficient (Wildman–Crippen LogP) is 2.89. The van der Waals surface area contributed by atoms with Crippen LogP contribution in [-0.2, 0) is 12.1 Å². The minimum Gasteiger partial charge on any atom is -0.497 e. The van der Waals surface area contributed by atoms with Crippen molar-refractivity contribution in [1.82, 2.24) is 20.3 Å². The second-order valence-electron chi connectivity index (χ2n) is 6.20. The molecule has 0 radical (unpaired) electrons. The molecule has 0 spiro atoms. The fraction of sp³-hybridized carbons (Fsp3) is 0.500. The molecule has 5 nitrogen and oxygen atoms in total. The Morgan fingerprint density at radius 3 is 2.71 bits per heavy atom. The lowest BCUT2D eigenvalue weighted by atomic mass is 10.1. The fourth-order valence-electron chi connectivity index (χ4n) is 1.99. The van der Waals surface area contributed by atoms with Crippen LogP contribution >= 0.6 is 0 Å². The molecule has 21 heavy (non-hydrogen) atoms. The van der Waals surface area contributed by atoms with Crippen LogP contribution in [0.5, 0.6) is 5.75 Å². The van der Waals surface area contributed by atoms with Gasteiger partial charge in [-0.15, -0.1) is 5.10 Å². The van der Waals surface area contributed by atoms with Gasteiger partial charge in [0, 0.05) is 12.6 Å². The standard InChI is InChI=1S/C16H24N4O/c1-12(13-7-6-8-15(9-13)21-5)17-10-14-11-20(19-18-14)16(2,3)4/h6-9,11-12,17H,10H2,1-5H3/t12-/m0/s1. The highest BCUT2D eigenvalue weighted by atomic mass is 16.5. The largest absolute Gasteiger partial charge is 0.497 e. The highest BCUT2D eigenvalue weighted by molar-refractivity contribution is 5.30. The number of benzene rings is 1. The maximum atomic E-state index is 5.26. The van der Waals surface area contributed by atoms with Gasteiger partial charge in [0.2, 0.25) is 0 Å². The average Bonchev–Trinajstić information content (AvgIpc) is 2.94. The Kier molecular flexibility index (Phi) is 4.63. The van der Waals surface area contributed by atoms with Crippen molar-refractivity contribution in [1.29, 1.82) is 0 Å². The lowest BCUT2D eigenvalue weighted by Crippen LogP contribution is -2.22. The molecule has 0 bridgehead atoms. The second kappa shape index (κ2) is 6.26. The van der Waals surface area contributed by atoms with E-state index in [4.69, 9.17) is 4.74 Å². The molecule has 2 aromatic rings. The van der Waals surface area contributed by atoms with E-state index in [-0.39, 0.29) is 11.6 Å². The van der Waals surface area contributed by atoms with Gasteiger partial charge in [-0.3, -0.25) is 0 Å². The lowest BCUT2D eigenvalue weighted by Gasteiger charge is -2.17. The molecule has 0 fully saturated rings. The van der Waals surface area contributed by atoms with Gasteiger partial charge in [0.1, 0.15) is 5.75 Å². The van der Waals surface area contributed by atoms with Crippen LogP contribution in [0.25, 0.3) is 0 Å². The van der Waals surface area contributed by atoms with E-state index in [0.29, 0.717) is 6.54 Å². The smallest absolute Gasteiger partial charge is 0.119 e. The van der Waals surface area contributed by atoms with Gasteiger partial charge in [0.05, 0.1) is 24.5 Å². The van der Waals surface area contributed by atoms with Crippen molar-refractivity contribution in [2.24, 2.45) is 0 Å². The molecule has 1 heterocycles. The molecule has 1 N–H and O–H groups in total. The zero-order valence-electron chi connectivity index (χ0n) is 13.4. The Morgan fingerprint density at radius 2 is 2.10 bits per heavy atom. The van der Waals surface area contributed by atoms with E-state index in [1.165, 1.54) is 5.56 Å². The molecule has 2 rings (SSSR count). The van der Waals surface area contributed by atoms with Gasteiger partial charge in [0.25, 0.3) is 0 Å². The first-order chi connectivity index (χ1) is 9.90. The van der Waals surface area contributed by atoms with Crippen LogP contribution in [0.15, 0.2) is 30.5 Å². The molecule has 1 atom stereocenters.